The first-order chi connectivity index (χ1) is 10.6. The van der Waals surface area contributed by atoms with Gasteiger partial charge in [0.1, 0.15) is 6.10 Å². The number of benzene rings is 1. The van der Waals surface area contributed by atoms with Gasteiger partial charge >= 0.3 is 0 Å². The molecule has 0 radical (unpaired) electrons. The number of hydrogen-bond acceptors (Lipinski definition) is 3. The van der Waals surface area contributed by atoms with Crippen molar-refractivity contribution in [2.75, 3.05) is 19.7 Å². The highest BCUT2D eigenvalue weighted by molar-refractivity contribution is 5.80. The van der Waals surface area contributed by atoms with Crippen LogP contribution in [0, 0.1) is 5.92 Å². The van der Waals surface area contributed by atoms with Crippen molar-refractivity contribution < 1.29 is 14.6 Å². The lowest BCUT2D eigenvalue weighted by Crippen LogP contribution is -2.44. The van der Waals surface area contributed by atoms with Gasteiger partial charge in [0.15, 0.2) is 0 Å². The summed E-state index contributed by atoms with van der Waals surface area (Å²) < 4.78 is 5.39. The van der Waals surface area contributed by atoms with Crippen LogP contribution in [0.2, 0.25) is 0 Å². The highest BCUT2D eigenvalue weighted by Gasteiger charge is 2.30. The molecule has 2 atom stereocenters. The van der Waals surface area contributed by atoms with Crippen molar-refractivity contribution in [3.8, 4) is 0 Å². The Bertz CT molecular complexity index is 480. The minimum Gasteiger partial charge on any atom is -0.388 e. The molecule has 120 valence electrons. The molecular formula is C18H25NO3. The van der Waals surface area contributed by atoms with Gasteiger partial charge in [0, 0.05) is 13.1 Å². The predicted molar refractivity (Wildman–Crippen MR) is 86.3 cm³/mol. The van der Waals surface area contributed by atoms with E-state index in [4.69, 9.17) is 4.74 Å². The van der Waals surface area contributed by atoms with Gasteiger partial charge in [-0.25, -0.2) is 0 Å². The summed E-state index contributed by atoms with van der Waals surface area (Å²) in [7, 11) is 0. The third-order valence-electron chi connectivity index (χ3n) is 4.25. The van der Waals surface area contributed by atoms with Gasteiger partial charge in [-0.3, -0.25) is 4.79 Å². The van der Waals surface area contributed by atoms with Gasteiger partial charge in [0.25, 0.3) is 5.91 Å². The fraction of sp³-hybridized carbons (Fsp3) is 0.500. The molecule has 22 heavy (non-hydrogen) atoms. The molecule has 4 nitrogen and oxygen atoms in total. The Labute approximate surface area is 132 Å². The Morgan fingerprint density at radius 1 is 1.41 bits per heavy atom. The first-order valence-corrected chi connectivity index (χ1v) is 7.87. The van der Waals surface area contributed by atoms with E-state index in [9.17, 15) is 9.90 Å². The third kappa shape index (κ3) is 4.18. The normalized spacial score (nSPS) is 18.7. The van der Waals surface area contributed by atoms with E-state index in [-0.39, 0.29) is 11.8 Å². The van der Waals surface area contributed by atoms with Gasteiger partial charge in [-0.1, -0.05) is 36.4 Å². The van der Waals surface area contributed by atoms with Gasteiger partial charge in [-0.15, -0.1) is 6.58 Å². The van der Waals surface area contributed by atoms with E-state index >= 15 is 0 Å². The maximum atomic E-state index is 12.3. The van der Waals surface area contributed by atoms with E-state index in [2.05, 4.69) is 6.58 Å². The summed E-state index contributed by atoms with van der Waals surface area (Å²) in [6.45, 7) is 7.10. The number of hydrogen-bond donors (Lipinski definition) is 1. The first-order valence-electron chi connectivity index (χ1n) is 7.87. The van der Waals surface area contributed by atoms with E-state index in [1.54, 1.807) is 13.0 Å². The van der Waals surface area contributed by atoms with E-state index in [0.717, 1.165) is 18.4 Å². The number of nitrogens with zero attached hydrogens (tertiary/aromatic N) is 1. The van der Waals surface area contributed by atoms with Crippen LogP contribution in [-0.2, 0) is 9.53 Å². The lowest BCUT2D eigenvalue weighted by atomic mass is 9.87. The molecule has 0 aliphatic carbocycles. The number of aliphatic hydroxyl groups excluding tert-OH is 1. The van der Waals surface area contributed by atoms with E-state index in [1.807, 2.05) is 35.2 Å². The van der Waals surface area contributed by atoms with Gasteiger partial charge in [0.05, 0.1) is 12.7 Å². The molecule has 0 bridgehead atoms. The molecular weight excluding hydrogens is 278 g/mol. The zero-order valence-electron chi connectivity index (χ0n) is 13.1. The SMILES string of the molecule is C=CCOC(C)C(=O)N1CCC(C(O)c2ccccc2)CC1. The zero-order valence-corrected chi connectivity index (χ0v) is 13.1. The van der Waals surface area contributed by atoms with Crippen LogP contribution in [0.4, 0.5) is 0 Å². The van der Waals surface area contributed by atoms with Crippen LogP contribution in [-0.4, -0.2) is 41.7 Å². The summed E-state index contributed by atoms with van der Waals surface area (Å²) in [6.07, 6.45) is 2.39. The Balaban J connectivity index is 1.85. The Morgan fingerprint density at radius 3 is 2.64 bits per heavy atom. The van der Waals surface area contributed by atoms with Crippen LogP contribution in [0.5, 0.6) is 0 Å². The quantitative estimate of drug-likeness (QED) is 0.822. The summed E-state index contributed by atoms with van der Waals surface area (Å²) >= 11 is 0. The first kappa shape index (κ1) is 16.7. The van der Waals surface area contributed by atoms with Crippen molar-refractivity contribution in [1.29, 1.82) is 0 Å². The summed E-state index contributed by atoms with van der Waals surface area (Å²) in [5.74, 6) is 0.227. The van der Waals surface area contributed by atoms with Crippen molar-refractivity contribution in [2.24, 2.45) is 5.92 Å². The number of carbonyl (C=O) groups excluding carboxylic acids is 1. The van der Waals surface area contributed by atoms with E-state index in [0.29, 0.717) is 19.7 Å². The summed E-state index contributed by atoms with van der Waals surface area (Å²) in [5, 5.41) is 10.5. The van der Waals surface area contributed by atoms with Gasteiger partial charge in [0.2, 0.25) is 0 Å². The average molecular weight is 303 g/mol. The van der Waals surface area contributed by atoms with Crippen molar-refractivity contribution in [3.63, 3.8) is 0 Å². The van der Waals surface area contributed by atoms with Crippen molar-refractivity contribution in [2.45, 2.75) is 32.0 Å². The number of amides is 1. The number of piperidine rings is 1. The van der Waals surface area contributed by atoms with Gasteiger partial charge < -0.3 is 14.7 Å². The molecule has 1 aliphatic rings. The minimum absolute atomic E-state index is 0.0227. The molecule has 1 heterocycles. The summed E-state index contributed by atoms with van der Waals surface area (Å²) in [5.41, 5.74) is 0.954. The number of aliphatic hydroxyl groups is 1. The van der Waals surface area contributed by atoms with Gasteiger partial charge in [-0.2, -0.15) is 0 Å². The van der Waals surface area contributed by atoms with Crippen LogP contribution in [0.15, 0.2) is 43.0 Å². The molecule has 1 aliphatic heterocycles. The minimum atomic E-state index is -0.451. The molecule has 1 N–H and O–H groups in total. The number of likely N-dealkylation sites (tertiary alicyclic amines) is 1. The second kappa shape index (κ2) is 8.11. The standard InChI is InChI=1S/C18H25NO3/c1-3-13-22-14(2)18(21)19-11-9-16(10-12-19)17(20)15-7-5-4-6-8-15/h3-8,14,16-17,20H,1,9-13H2,2H3. The molecule has 2 unspecified atom stereocenters. The van der Waals surface area contributed by atoms with Crippen molar-refractivity contribution in [1.82, 2.24) is 4.90 Å². The molecule has 2 rings (SSSR count). The molecule has 0 saturated carbocycles. The average Bonchev–Trinajstić information content (AvgIpc) is 2.59. The molecule has 1 aromatic rings. The third-order valence-corrected chi connectivity index (χ3v) is 4.25. The molecule has 1 fully saturated rings. The smallest absolute Gasteiger partial charge is 0.251 e. The van der Waals surface area contributed by atoms with Crippen LogP contribution < -0.4 is 0 Å². The molecule has 0 spiro atoms. The second-order valence-corrected chi connectivity index (χ2v) is 5.78. The fourth-order valence-corrected chi connectivity index (χ4v) is 2.90. The maximum absolute atomic E-state index is 12.3. The Hall–Kier alpha value is -1.65. The van der Waals surface area contributed by atoms with E-state index in [1.165, 1.54) is 0 Å². The predicted octanol–water partition coefficient (Wildman–Crippen LogP) is 2.55. The topological polar surface area (TPSA) is 49.8 Å². The molecule has 1 amide bonds. The van der Waals surface area contributed by atoms with Crippen molar-refractivity contribution >= 4 is 5.91 Å². The molecule has 1 aromatic carbocycles. The van der Waals surface area contributed by atoms with Crippen LogP contribution in [0.1, 0.15) is 31.4 Å². The highest BCUT2D eigenvalue weighted by Crippen LogP contribution is 2.30. The number of carbonyl (C=O) groups is 1. The van der Waals surface area contributed by atoms with Gasteiger partial charge in [-0.05, 0) is 31.2 Å². The lowest BCUT2D eigenvalue weighted by molar-refractivity contribution is -0.144. The zero-order chi connectivity index (χ0) is 15.9. The monoisotopic (exact) mass is 303 g/mol. The Kier molecular flexibility index (Phi) is 6.16. The van der Waals surface area contributed by atoms with Crippen LogP contribution in [0.25, 0.3) is 0 Å². The highest BCUT2D eigenvalue weighted by atomic mass is 16.5. The second-order valence-electron chi connectivity index (χ2n) is 5.78. The van der Waals surface area contributed by atoms with Crippen molar-refractivity contribution in [3.05, 3.63) is 48.6 Å². The number of ether oxygens (including phenoxy) is 1. The fourth-order valence-electron chi connectivity index (χ4n) is 2.90. The molecule has 0 aromatic heterocycles. The van der Waals surface area contributed by atoms with E-state index < -0.39 is 12.2 Å². The maximum Gasteiger partial charge on any atom is 0.251 e. The Morgan fingerprint density at radius 2 is 2.05 bits per heavy atom. The largest absolute Gasteiger partial charge is 0.388 e. The van der Waals surface area contributed by atoms with Crippen LogP contribution in [0.3, 0.4) is 0 Å². The number of rotatable bonds is 6. The lowest BCUT2D eigenvalue weighted by Gasteiger charge is -2.35. The molecule has 1 saturated heterocycles. The summed E-state index contributed by atoms with van der Waals surface area (Å²) in [6, 6.07) is 9.73. The van der Waals surface area contributed by atoms with Crippen LogP contribution >= 0.6 is 0 Å². The molecule has 4 heteroatoms. The summed E-state index contributed by atoms with van der Waals surface area (Å²) in [4.78, 5) is 14.1.